The highest BCUT2D eigenvalue weighted by Gasteiger charge is 2.24. The van der Waals surface area contributed by atoms with Crippen LogP contribution in [-0.4, -0.2) is 55.5 Å². The molecule has 3 rings (SSSR count). The number of carbonyl (C=O) groups is 1. The Balaban J connectivity index is 0.00000341. The third kappa shape index (κ3) is 9.00. The molecule has 2 aliphatic rings. The third-order valence-corrected chi connectivity index (χ3v) is 6.08. The van der Waals surface area contributed by atoms with Crippen molar-refractivity contribution in [2.24, 2.45) is 4.99 Å². The van der Waals surface area contributed by atoms with Gasteiger partial charge in [-0.3, -0.25) is 14.7 Å². The second-order valence-electron chi connectivity index (χ2n) is 8.43. The molecule has 1 aliphatic carbocycles. The summed E-state index contributed by atoms with van der Waals surface area (Å²) in [5.41, 5.74) is 0. The zero-order chi connectivity index (χ0) is 21.0. The summed E-state index contributed by atoms with van der Waals surface area (Å²) in [6.45, 7) is 6.24. The van der Waals surface area contributed by atoms with Crippen molar-refractivity contribution < 1.29 is 9.21 Å². The number of carbonyl (C=O) groups excluding carboxylic acids is 1. The van der Waals surface area contributed by atoms with Crippen LogP contribution in [0.5, 0.6) is 0 Å². The topological polar surface area (TPSA) is 81.9 Å². The van der Waals surface area contributed by atoms with Crippen molar-refractivity contribution in [1.82, 2.24) is 20.9 Å². The summed E-state index contributed by atoms with van der Waals surface area (Å²) in [4.78, 5) is 19.5. The van der Waals surface area contributed by atoms with Gasteiger partial charge in [0.2, 0.25) is 5.91 Å². The molecule has 1 aromatic heterocycles. The molecule has 1 saturated carbocycles. The van der Waals surface area contributed by atoms with Crippen LogP contribution >= 0.6 is 24.0 Å². The normalized spacial score (nSPS) is 19.3. The molecule has 1 atom stereocenters. The molecule has 1 unspecified atom stereocenters. The lowest BCUT2D eigenvalue weighted by atomic mass is 9.95. The number of aliphatic imine (C=N–C) groups is 1. The van der Waals surface area contributed by atoms with E-state index in [-0.39, 0.29) is 35.9 Å². The Labute approximate surface area is 204 Å². The van der Waals surface area contributed by atoms with Gasteiger partial charge >= 0.3 is 0 Å². The van der Waals surface area contributed by atoms with Crippen molar-refractivity contribution >= 4 is 35.8 Å². The number of halogens is 1. The molecule has 1 aromatic rings. The maximum absolute atomic E-state index is 12.2. The summed E-state index contributed by atoms with van der Waals surface area (Å²) in [5, 5.41) is 9.80. The standard InChI is InChI=1S/C23H39N5O2.HI/c1-2-24-23(25-14-13-22(29)27-19-10-5-3-6-11-19)26-18-20(21-12-9-17-30-21)28-15-7-4-8-16-28;/h9,12,17,19-20H,2-8,10-11,13-16,18H2,1H3,(H,27,29)(H2,24,25,26);1H. The summed E-state index contributed by atoms with van der Waals surface area (Å²) < 4.78 is 5.72. The van der Waals surface area contributed by atoms with Crippen LogP contribution in [0.15, 0.2) is 27.8 Å². The number of rotatable bonds is 9. The Bertz CT molecular complexity index is 640. The van der Waals surface area contributed by atoms with Crippen LogP contribution in [0.4, 0.5) is 0 Å². The minimum atomic E-state index is 0. The summed E-state index contributed by atoms with van der Waals surface area (Å²) >= 11 is 0. The van der Waals surface area contributed by atoms with Crippen molar-refractivity contribution in [2.45, 2.75) is 76.8 Å². The fourth-order valence-corrected chi connectivity index (χ4v) is 4.46. The Morgan fingerprint density at radius 1 is 1.16 bits per heavy atom. The fraction of sp³-hybridized carbons (Fsp3) is 0.739. The molecule has 7 nitrogen and oxygen atoms in total. The Kier molecular flexibility index (Phi) is 12.3. The number of furan rings is 1. The largest absolute Gasteiger partial charge is 0.468 e. The number of likely N-dealkylation sites (tertiary alicyclic amines) is 1. The van der Waals surface area contributed by atoms with Gasteiger partial charge < -0.3 is 20.4 Å². The first-order chi connectivity index (χ1) is 14.8. The highest BCUT2D eigenvalue weighted by molar-refractivity contribution is 14.0. The predicted molar refractivity (Wildman–Crippen MR) is 136 cm³/mol. The predicted octanol–water partition coefficient (Wildman–Crippen LogP) is 3.82. The van der Waals surface area contributed by atoms with Crippen LogP contribution < -0.4 is 16.0 Å². The molecule has 0 radical (unpaired) electrons. The minimum absolute atomic E-state index is 0. The second-order valence-corrected chi connectivity index (χ2v) is 8.43. The van der Waals surface area contributed by atoms with E-state index < -0.39 is 0 Å². The molecule has 1 saturated heterocycles. The average molecular weight is 546 g/mol. The molecule has 1 amide bonds. The zero-order valence-corrected chi connectivity index (χ0v) is 21.2. The molecule has 31 heavy (non-hydrogen) atoms. The molecule has 2 heterocycles. The highest BCUT2D eigenvalue weighted by atomic mass is 127. The van der Waals surface area contributed by atoms with E-state index in [0.717, 1.165) is 44.2 Å². The minimum Gasteiger partial charge on any atom is -0.468 e. The Morgan fingerprint density at radius 3 is 2.58 bits per heavy atom. The van der Waals surface area contributed by atoms with Crippen molar-refractivity contribution in [1.29, 1.82) is 0 Å². The van der Waals surface area contributed by atoms with Crippen molar-refractivity contribution in [3.63, 3.8) is 0 Å². The number of hydrogen-bond donors (Lipinski definition) is 3. The first-order valence-electron chi connectivity index (χ1n) is 11.8. The Morgan fingerprint density at radius 2 is 1.90 bits per heavy atom. The summed E-state index contributed by atoms with van der Waals surface area (Å²) in [7, 11) is 0. The summed E-state index contributed by atoms with van der Waals surface area (Å²) in [6.07, 6.45) is 12.0. The number of amides is 1. The number of guanidine groups is 1. The van der Waals surface area contributed by atoms with Crippen LogP contribution in [0.2, 0.25) is 0 Å². The van der Waals surface area contributed by atoms with E-state index in [1.165, 1.54) is 38.5 Å². The molecule has 176 valence electrons. The average Bonchev–Trinajstić information content (AvgIpc) is 3.30. The van der Waals surface area contributed by atoms with Gasteiger partial charge in [-0.2, -0.15) is 0 Å². The maximum atomic E-state index is 12.2. The molecular weight excluding hydrogens is 505 g/mol. The molecule has 1 aliphatic heterocycles. The summed E-state index contributed by atoms with van der Waals surface area (Å²) in [6, 6.07) is 4.52. The van der Waals surface area contributed by atoms with Crippen LogP contribution in [0.25, 0.3) is 0 Å². The van der Waals surface area contributed by atoms with Gasteiger partial charge in [-0.05, 0) is 57.8 Å². The molecular formula is C23H40IN5O2. The van der Waals surface area contributed by atoms with Crippen LogP contribution in [0, 0.1) is 0 Å². The maximum Gasteiger partial charge on any atom is 0.221 e. The monoisotopic (exact) mass is 545 g/mol. The van der Waals surface area contributed by atoms with Crippen LogP contribution in [0.1, 0.15) is 76.5 Å². The SMILES string of the molecule is CCNC(=NCC(c1ccco1)N1CCCCC1)NCCC(=O)NC1CCCCC1.I. The van der Waals surface area contributed by atoms with Crippen molar-refractivity contribution in [3.05, 3.63) is 24.2 Å². The smallest absolute Gasteiger partial charge is 0.221 e. The number of hydrogen-bond acceptors (Lipinski definition) is 4. The molecule has 0 aromatic carbocycles. The summed E-state index contributed by atoms with van der Waals surface area (Å²) in [5.74, 6) is 1.87. The van der Waals surface area contributed by atoms with Gasteiger partial charge in [0, 0.05) is 25.6 Å². The van der Waals surface area contributed by atoms with Gasteiger partial charge in [0.05, 0.1) is 18.8 Å². The van der Waals surface area contributed by atoms with Gasteiger partial charge in [-0.15, -0.1) is 24.0 Å². The van der Waals surface area contributed by atoms with E-state index in [1.54, 1.807) is 6.26 Å². The molecule has 3 N–H and O–H groups in total. The third-order valence-electron chi connectivity index (χ3n) is 6.08. The first kappa shape index (κ1) is 26.0. The zero-order valence-electron chi connectivity index (χ0n) is 18.9. The van der Waals surface area contributed by atoms with E-state index in [1.807, 2.05) is 12.1 Å². The van der Waals surface area contributed by atoms with E-state index in [9.17, 15) is 4.79 Å². The van der Waals surface area contributed by atoms with E-state index in [4.69, 9.17) is 9.41 Å². The number of nitrogens with zero attached hydrogens (tertiary/aromatic N) is 2. The van der Waals surface area contributed by atoms with Crippen molar-refractivity contribution in [3.8, 4) is 0 Å². The molecule has 0 spiro atoms. The quantitative estimate of drug-likeness (QED) is 0.250. The highest BCUT2D eigenvalue weighted by Crippen LogP contribution is 2.25. The number of piperidine rings is 1. The van der Waals surface area contributed by atoms with Crippen LogP contribution in [-0.2, 0) is 4.79 Å². The van der Waals surface area contributed by atoms with Gasteiger partial charge in [-0.1, -0.05) is 25.7 Å². The van der Waals surface area contributed by atoms with E-state index in [2.05, 4.69) is 27.8 Å². The number of nitrogens with one attached hydrogen (secondary N) is 3. The Hall–Kier alpha value is -1.29. The molecule has 0 bridgehead atoms. The lowest BCUT2D eigenvalue weighted by Gasteiger charge is -2.32. The van der Waals surface area contributed by atoms with E-state index >= 15 is 0 Å². The van der Waals surface area contributed by atoms with Crippen LogP contribution in [0.3, 0.4) is 0 Å². The molecule has 8 heteroatoms. The lowest BCUT2D eigenvalue weighted by Crippen LogP contribution is -2.42. The fourth-order valence-electron chi connectivity index (χ4n) is 4.46. The van der Waals surface area contributed by atoms with Gasteiger partial charge in [0.25, 0.3) is 0 Å². The van der Waals surface area contributed by atoms with Gasteiger partial charge in [0.1, 0.15) is 5.76 Å². The first-order valence-corrected chi connectivity index (χ1v) is 11.8. The van der Waals surface area contributed by atoms with Gasteiger partial charge in [0.15, 0.2) is 5.96 Å². The van der Waals surface area contributed by atoms with E-state index in [0.29, 0.717) is 25.6 Å². The van der Waals surface area contributed by atoms with Gasteiger partial charge in [-0.25, -0.2) is 0 Å². The van der Waals surface area contributed by atoms with Crippen molar-refractivity contribution in [2.75, 3.05) is 32.7 Å². The lowest BCUT2D eigenvalue weighted by molar-refractivity contribution is -0.121. The molecule has 2 fully saturated rings. The second kappa shape index (κ2) is 14.7.